The van der Waals surface area contributed by atoms with Crippen molar-refractivity contribution in [3.63, 3.8) is 0 Å². The summed E-state index contributed by atoms with van der Waals surface area (Å²) in [5.41, 5.74) is 1.14. The number of nitrogens with one attached hydrogen (secondary N) is 1. The number of piperidine rings is 1. The highest BCUT2D eigenvalue weighted by Gasteiger charge is 2.26. The van der Waals surface area contributed by atoms with Gasteiger partial charge in [-0.25, -0.2) is 0 Å². The molecule has 2 heterocycles. The van der Waals surface area contributed by atoms with Crippen LogP contribution in [0.3, 0.4) is 0 Å². The summed E-state index contributed by atoms with van der Waals surface area (Å²) in [6.45, 7) is 2.82. The number of esters is 1. The van der Waals surface area contributed by atoms with Crippen molar-refractivity contribution in [3.8, 4) is 0 Å². The lowest BCUT2D eigenvalue weighted by atomic mass is 10.00. The zero-order chi connectivity index (χ0) is 21.5. The minimum Gasteiger partial charge on any atom is -0.454 e. The summed E-state index contributed by atoms with van der Waals surface area (Å²) in [6, 6.07) is 6.89. The number of rotatable bonds is 7. The molecule has 8 nitrogen and oxygen atoms in total. The lowest BCUT2D eigenvalue weighted by Gasteiger charge is -2.35. The van der Waals surface area contributed by atoms with Crippen LogP contribution in [0.2, 0.25) is 0 Å². The molecule has 2 fully saturated rings. The molecule has 1 atom stereocenters. The van der Waals surface area contributed by atoms with Crippen molar-refractivity contribution in [2.45, 2.75) is 51.5 Å². The van der Waals surface area contributed by atoms with Gasteiger partial charge in [0.1, 0.15) is 6.54 Å². The number of anilines is 1. The molecule has 1 N–H and O–H groups in total. The molecule has 162 valence electrons. The SMILES string of the molecule is CC[C@H]1CCCCN1C(=O)COC(=O)CNC(=O)c1ccc(N2CCCC2=O)cc1. The molecule has 3 amide bonds. The van der Waals surface area contributed by atoms with Crippen LogP contribution >= 0.6 is 0 Å². The molecule has 8 heteroatoms. The fourth-order valence-corrected chi connectivity index (χ4v) is 4.00. The second-order valence-electron chi connectivity index (χ2n) is 7.68. The molecule has 0 bridgehead atoms. The van der Waals surface area contributed by atoms with E-state index >= 15 is 0 Å². The van der Waals surface area contributed by atoms with Crippen molar-refractivity contribution in [2.24, 2.45) is 0 Å². The van der Waals surface area contributed by atoms with E-state index in [2.05, 4.69) is 5.32 Å². The van der Waals surface area contributed by atoms with Crippen LogP contribution in [-0.2, 0) is 19.1 Å². The van der Waals surface area contributed by atoms with E-state index in [1.165, 1.54) is 0 Å². The Morgan fingerprint density at radius 1 is 1.10 bits per heavy atom. The maximum Gasteiger partial charge on any atom is 0.325 e. The van der Waals surface area contributed by atoms with E-state index in [0.717, 1.165) is 37.8 Å². The second kappa shape index (κ2) is 10.2. The number of benzene rings is 1. The first kappa shape index (κ1) is 21.8. The van der Waals surface area contributed by atoms with Crippen LogP contribution in [0, 0.1) is 0 Å². The Kier molecular flexibility index (Phi) is 7.43. The molecule has 2 aliphatic heterocycles. The fraction of sp³-hybridized carbons (Fsp3) is 0.545. The molecule has 0 aliphatic carbocycles. The van der Waals surface area contributed by atoms with Gasteiger partial charge >= 0.3 is 5.97 Å². The van der Waals surface area contributed by atoms with Gasteiger partial charge in [0.2, 0.25) is 5.91 Å². The Hall–Kier alpha value is -2.90. The van der Waals surface area contributed by atoms with E-state index < -0.39 is 11.9 Å². The van der Waals surface area contributed by atoms with Gasteiger partial charge in [-0.15, -0.1) is 0 Å². The first-order chi connectivity index (χ1) is 14.5. The molecule has 0 unspecified atom stereocenters. The lowest BCUT2D eigenvalue weighted by Crippen LogP contribution is -2.45. The van der Waals surface area contributed by atoms with Crippen LogP contribution < -0.4 is 10.2 Å². The molecule has 0 radical (unpaired) electrons. The van der Waals surface area contributed by atoms with Crippen LogP contribution in [0.1, 0.15) is 55.8 Å². The van der Waals surface area contributed by atoms with Crippen molar-refractivity contribution in [3.05, 3.63) is 29.8 Å². The van der Waals surface area contributed by atoms with Crippen LogP contribution in [0.5, 0.6) is 0 Å². The summed E-state index contributed by atoms with van der Waals surface area (Å²) in [6.07, 6.45) is 5.34. The van der Waals surface area contributed by atoms with Gasteiger partial charge in [0.05, 0.1) is 0 Å². The monoisotopic (exact) mass is 415 g/mol. The molecule has 30 heavy (non-hydrogen) atoms. The zero-order valence-corrected chi connectivity index (χ0v) is 17.4. The predicted molar refractivity (Wildman–Crippen MR) is 111 cm³/mol. The molecular formula is C22H29N3O5. The second-order valence-corrected chi connectivity index (χ2v) is 7.68. The van der Waals surface area contributed by atoms with Gasteiger partial charge in [0, 0.05) is 36.8 Å². The van der Waals surface area contributed by atoms with E-state index in [1.54, 1.807) is 34.1 Å². The topological polar surface area (TPSA) is 96.0 Å². The predicted octanol–water partition coefficient (Wildman–Crippen LogP) is 1.88. The maximum atomic E-state index is 12.3. The molecule has 2 saturated heterocycles. The number of likely N-dealkylation sites (tertiary alicyclic amines) is 1. The van der Waals surface area contributed by atoms with Crippen molar-refractivity contribution in [2.75, 3.05) is 31.1 Å². The Morgan fingerprint density at radius 2 is 1.87 bits per heavy atom. The molecule has 1 aromatic rings. The van der Waals surface area contributed by atoms with Crippen LogP contribution in [-0.4, -0.2) is 60.9 Å². The summed E-state index contributed by atoms with van der Waals surface area (Å²) in [5.74, 6) is -1.17. The number of amides is 3. The normalized spacial score (nSPS) is 19.0. The lowest BCUT2D eigenvalue weighted by molar-refractivity contribution is -0.152. The first-order valence-electron chi connectivity index (χ1n) is 10.6. The third kappa shape index (κ3) is 5.37. The van der Waals surface area contributed by atoms with E-state index in [-0.39, 0.29) is 31.0 Å². The number of hydrogen-bond acceptors (Lipinski definition) is 5. The summed E-state index contributed by atoms with van der Waals surface area (Å²) in [7, 11) is 0. The average Bonchev–Trinajstić information content (AvgIpc) is 3.21. The Bertz CT molecular complexity index is 792. The summed E-state index contributed by atoms with van der Waals surface area (Å²) >= 11 is 0. The number of nitrogens with zero attached hydrogens (tertiary/aromatic N) is 2. The van der Waals surface area contributed by atoms with Crippen LogP contribution in [0.15, 0.2) is 24.3 Å². The number of hydrogen-bond donors (Lipinski definition) is 1. The number of carbonyl (C=O) groups is 4. The molecule has 0 saturated carbocycles. The van der Waals surface area contributed by atoms with Gasteiger partial charge in [-0.1, -0.05) is 6.92 Å². The van der Waals surface area contributed by atoms with Crippen molar-refractivity contribution in [1.82, 2.24) is 10.2 Å². The van der Waals surface area contributed by atoms with E-state index in [1.807, 2.05) is 6.92 Å². The standard InChI is InChI=1S/C22H29N3O5/c1-2-17-6-3-4-12-24(17)20(27)15-30-21(28)14-23-22(29)16-8-10-18(11-9-16)25-13-5-7-19(25)26/h8-11,17H,2-7,12-15H2,1H3,(H,23,29)/t17-/m0/s1. The van der Waals surface area contributed by atoms with E-state index in [9.17, 15) is 19.2 Å². The first-order valence-corrected chi connectivity index (χ1v) is 10.6. The van der Waals surface area contributed by atoms with E-state index in [0.29, 0.717) is 25.1 Å². The molecule has 3 rings (SSSR count). The Labute approximate surface area is 176 Å². The fourth-order valence-electron chi connectivity index (χ4n) is 4.00. The van der Waals surface area contributed by atoms with Crippen LogP contribution in [0.4, 0.5) is 5.69 Å². The number of ether oxygens (including phenoxy) is 1. The minimum absolute atomic E-state index is 0.0827. The summed E-state index contributed by atoms with van der Waals surface area (Å²) < 4.78 is 5.05. The third-order valence-electron chi connectivity index (χ3n) is 5.68. The largest absolute Gasteiger partial charge is 0.454 e. The Balaban J connectivity index is 1.42. The van der Waals surface area contributed by atoms with Crippen molar-refractivity contribution < 1.29 is 23.9 Å². The van der Waals surface area contributed by atoms with Gasteiger partial charge in [-0.2, -0.15) is 0 Å². The number of carbonyl (C=O) groups excluding carboxylic acids is 4. The average molecular weight is 415 g/mol. The molecule has 2 aliphatic rings. The highest BCUT2D eigenvalue weighted by Crippen LogP contribution is 2.22. The highest BCUT2D eigenvalue weighted by molar-refractivity contribution is 5.98. The summed E-state index contributed by atoms with van der Waals surface area (Å²) in [4.78, 5) is 51.8. The van der Waals surface area contributed by atoms with E-state index in [4.69, 9.17) is 4.74 Å². The smallest absolute Gasteiger partial charge is 0.325 e. The molecule has 0 spiro atoms. The van der Waals surface area contributed by atoms with Crippen molar-refractivity contribution in [1.29, 1.82) is 0 Å². The molecule has 0 aromatic heterocycles. The third-order valence-corrected chi connectivity index (χ3v) is 5.68. The van der Waals surface area contributed by atoms with Gasteiger partial charge in [-0.05, 0) is 56.4 Å². The van der Waals surface area contributed by atoms with Gasteiger partial charge in [0.25, 0.3) is 11.8 Å². The Morgan fingerprint density at radius 3 is 2.53 bits per heavy atom. The zero-order valence-electron chi connectivity index (χ0n) is 17.4. The quantitative estimate of drug-likeness (QED) is 0.686. The van der Waals surface area contributed by atoms with Crippen molar-refractivity contribution >= 4 is 29.4 Å². The van der Waals surface area contributed by atoms with Gasteiger partial charge < -0.3 is 19.9 Å². The highest BCUT2D eigenvalue weighted by atomic mass is 16.5. The van der Waals surface area contributed by atoms with Crippen LogP contribution in [0.25, 0.3) is 0 Å². The van der Waals surface area contributed by atoms with Gasteiger partial charge in [0.15, 0.2) is 6.61 Å². The summed E-state index contributed by atoms with van der Waals surface area (Å²) in [5, 5.41) is 2.50. The molecular weight excluding hydrogens is 386 g/mol. The molecule has 1 aromatic carbocycles. The maximum absolute atomic E-state index is 12.3. The minimum atomic E-state index is -0.652. The van der Waals surface area contributed by atoms with Gasteiger partial charge in [-0.3, -0.25) is 19.2 Å².